The first-order valence-corrected chi connectivity index (χ1v) is 8.85. The molecule has 0 aromatic heterocycles. The topological polar surface area (TPSA) is 61.4 Å². The summed E-state index contributed by atoms with van der Waals surface area (Å²) in [5.74, 6) is -0.704. The van der Waals surface area contributed by atoms with Crippen LogP contribution in [0.15, 0.2) is 42.5 Å². The van der Waals surface area contributed by atoms with Gasteiger partial charge in [-0.05, 0) is 62.8 Å². The standard InChI is InChI=1S/C21H26FN3O2/c1-14-7-5-6-8-17(14)20(25(3)4)21(27)23-12-11-19(26)24-16-9-10-18(22)15(2)13-16/h5-10,13,20H,11-12H2,1-4H3,(H,23,27)(H,24,26). The van der Waals surface area contributed by atoms with Gasteiger partial charge in [-0.15, -0.1) is 0 Å². The maximum absolute atomic E-state index is 13.3. The predicted molar refractivity (Wildman–Crippen MR) is 105 cm³/mol. The first-order valence-electron chi connectivity index (χ1n) is 8.85. The molecule has 0 saturated carbocycles. The van der Waals surface area contributed by atoms with E-state index in [1.165, 1.54) is 12.1 Å². The minimum atomic E-state index is -0.422. The summed E-state index contributed by atoms with van der Waals surface area (Å²) in [4.78, 5) is 26.5. The Bertz CT molecular complexity index is 821. The molecule has 2 rings (SSSR count). The van der Waals surface area contributed by atoms with Gasteiger partial charge in [0.15, 0.2) is 0 Å². The second-order valence-corrected chi connectivity index (χ2v) is 6.78. The van der Waals surface area contributed by atoms with E-state index in [-0.39, 0.29) is 30.6 Å². The number of benzene rings is 2. The van der Waals surface area contributed by atoms with E-state index in [0.29, 0.717) is 11.3 Å². The summed E-state index contributed by atoms with van der Waals surface area (Å²) in [5.41, 5.74) is 2.98. The number of hydrogen-bond donors (Lipinski definition) is 2. The molecule has 144 valence electrons. The van der Waals surface area contributed by atoms with E-state index in [1.54, 1.807) is 13.0 Å². The number of nitrogens with zero attached hydrogens (tertiary/aromatic N) is 1. The van der Waals surface area contributed by atoms with Crippen LogP contribution in [0.3, 0.4) is 0 Å². The van der Waals surface area contributed by atoms with Crippen molar-refractivity contribution in [3.05, 3.63) is 65.0 Å². The lowest BCUT2D eigenvalue weighted by atomic mass is 10.00. The highest BCUT2D eigenvalue weighted by Crippen LogP contribution is 2.22. The second kappa shape index (κ2) is 9.28. The summed E-state index contributed by atoms with van der Waals surface area (Å²) < 4.78 is 13.3. The molecule has 2 aromatic rings. The third kappa shape index (κ3) is 5.62. The fourth-order valence-electron chi connectivity index (χ4n) is 2.89. The molecule has 0 bridgehead atoms. The Morgan fingerprint density at radius 1 is 1.07 bits per heavy atom. The molecule has 6 heteroatoms. The van der Waals surface area contributed by atoms with Crippen molar-refractivity contribution in [3.63, 3.8) is 0 Å². The van der Waals surface area contributed by atoms with E-state index in [9.17, 15) is 14.0 Å². The highest BCUT2D eigenvalue weighted by atomic mass is 19.1. The molecule has 5 nitrogen and oxygen atoms in total. The molecule has 0 aliphatic carbocycles. The van der Waals surface area contributed by atoms with Gasteiger partial charge < -0.3 is 10.6 Å². The van der Waals surface area contributed by atoms with Crippen molar-refractivity contribution in [3.8, 4) is 0 Å². The lowest BCUT2D eigenvalue weighted by molar-refractivity contribution is -0.125. The minimum absolute atomic E-state index is 0.135. The summed E-state index contributed by atoms with van der Waals surface area (Å²) in [5, 5.41) is 5.53. The Morgan fingerprint density at radius 2 is 1.78 bits per heavy atom. The number of anilines is 1. The Morgan fingerprint density at radius 3 is 2.41 bits per heavy atom. The van der Waals surface area contributed by atoms with Gasteiger partial charge in [0.25, 0.3) is 0 Å². The zero-order chi connectivity index (χ0) is 20.0. The summed E-state index contributed by atoms with van der Waals surface area (Å²) >= 11 is 0. The van der Waals surface area contributed by atoms with Gasteiger partial charge in [0, 0.05) is 18.7 Å². The summed E-state index contributed by atoms with van der Waals surface area (Å²) in [6.07, 6.45) is 0.135. The normalized spacial score (nSPS) is 11.9. The summed E-state index contributed by atoms with van der Waals surface area (Å²) in [6.45, 7) is 3.83. The molecule has 2 amide bonds. The van der Waals surface area contributed by atoms with Crippen LogP contribution >= 0.6 is 0 Å². The number of carbonyl (C=O) groups excluding carboxylic acids is 2. The van der Waals surface area contributed by atoms with Gasteiger partial charge in [-0.3, -0.25) is 14.5 Å². The number of hydrogen-bond acceptors (Lipinski definition) is 3. The van der Waals surface area contributed by atoms with Gasteiger partial charge >= 0.3 is 0 Å². The van der Waals surface area contributed by atoms with E-state index in [0.717, 1.165) is 11.1 Å². The maximum Gasteiger partial charge on any atom is 0.241 e. The lowest BCUT2D eigenvalue weighted by Crippen LogP contribution is -2.38. The number of carbonyl (C=O) groups is 2. The highest BCUT2D eigenvalue weighted by Gasteiger charge is 2.24. The van der Waals surface area contributed by atoms with Crippen molar-refractivity contribution in [2.75, 3.05) is 26.0 Å². The molecule has 0 heterocycles. The predicted octanol–water partition coefficient (Wildman–Crippen LogP) is 3.19. The van der Waals surface area contributed by atoms with Crippen LogP contribution in [0, 0.1) is 19.7 Å². The zero-order valence-corrected chi connectivity index (χ0v) is 16.2. The van der Waals surface area contributed by atoms with Crippen LogP contribution in [-0.2, 0) is 9.59 Å². The van der Waals surface area contributed by atoms with Crippen LogP contribution in [0.4, 0.5) is 10.1 Å². The molecule has 0 aliphatic rings. The molecule has 0 spiro atoms. The molecular formula is C21H26FN3O2. The van der Waals surface area contributed by atoms with Gasteiger partial charge in [-0.1, -0.05) is 24.3 Å². The van der Waals surface area contributed by atoms with Gasteiger partial charge in [0.1, 0.15) is 11.9 Å². The summed E-state index contributed by atoms with van der Waals surface area (Å²) in [7, 11) is 3.69. The van der Waals surface area contributed by atoms with Crippen molar-refractivity contribution in [2.45, 2.75) is 26.3 Å². The van der Waals surface area contributed by atoms with Crippen molar-refractivity contribution < 1.29 is 14.0 Å². The van der Waals surface area contributed by atoms with E-state index in [4.69, 9.17) is 0 Å². The fourth-order valence-corrected chi connectivity index (χ4v) is 2.89. The van der Waals surface area contributed by atoms with Crippen molar-refractivity contribution in [1.29, 1.82) is 0 Å². The van der Waals surface area contributed by atoms with Crippen LogP contribution in [0.2, 0.25) is 0 Å². The molecule has 0 aliphatic heterocycles. The van der Waals surface area contributed by atoms with Crippen molar-refractivity contribution in [2.24, 2.45) is 0 Å². The monoisotopic (exact) mass is 371 g/mol. The minimum Gasteiger partial charge on any atom is -0.354 e. The molecule has 1 unspecified atom stereocenters. The molecule has 0 fully saturated rings. The van der Waals surface area contributed by atoms with E-state index in [1.807, 2.05) is 50.2 Å². The van der Waals surface area contributed by atoms with Crippen LogP contribution in [0.25, 0.3) is 0 Å². The summed E-state index contributed by atoms with van der Waals surface area (Å²) in [6, 6.07) is 11.7. The van der Waals surface area contributed by atoms with Crippen molar-refractivity contribution >= 4 is 17.5 Å². The Kier molecular flexibility index (Phi) is 7.07. The van der Waals surface area contributed by atoms with Gasteiger partial charge in [-0.25, -0.2) is 4.39 Å². The average molecular weight is 371 g/mol. The third-order valence-electron chi connectivity index (χ3n) is 4.34. The molecule has 2 aromatic carbocycles. The Hall–Kier alpha value is -2.73. The average Bonchev–Trinajstić information content (AvgIpc) is 2.60. The van der Waals surface area contributed by atoms with Crippen LogP contribution < -0.4 is 10.6 Å². The van der Waals surface area contributed by atoms with Crippen molar-refractivity contribution in [1.82, 2.24) is 10.2 Å². The zero-order valence-electron chi connectivity index (χ0n) is 16.2. The molecule has 27 heavy (non-hydrogen) atoms. The molecule has 0 radical (unpaired) electrons. The van der Waals surface area contributed by atoms with Gasteiger partial charge in [0.05, 0.1) is 0 Å². The van der Waals surface area contributed by atoms with Crippen LogP contribution in [0.1, 0.15) is 29.2 Å². The number of aryl methyl sites for hydroxylation is 2. The van der Waals surface area contributed by atoms with Crippen LogP contribution in [0.5, 0.6) is 0 Å². The maximum atomic E-state index is 13.3. The van der Waals surface area contributed by atoms with Gasteiger partial charge in [-0.2, -0.15) is 0 Å². The Balaban J connectivity index is 1.91. The van der Waals surface area contributed by atoms with Gasteiger partial charge in [0.2, 0.25) is 11.8 Å². The highest BCUT2D eigenvalue weighted by molar-refractivity contribution is 5.91. The lowest BCUT2D eigenvalue weighted by Gasteiger charge is -2.25. The third-order valence-corrected chi connectivity index (χ3v) is 4.34. The first kappa shape index (κ1) is 20.6. The smallest absolute Gasteiger partial charge is 0.241 e. The number of amides is 2. The molecular weight excluding hydrogens is 345 g/mol. The largest absolute Gasteiger partial charge is 0.354 e. The quantitative estimate of drug-likeness (QED) is 0.786. The SMILES string of the molecule is Cc1cc(NC(=O)CCNC(=O)C(c2ccccc2C)N(C)C)ccc1F. The number of rotatable bonds is 7. The fraction of sp³-hybridized carbons (Fsp3) is 0.333. The number of nitrogens with one attached hydrogen (secondary N) is 2. The van der Waals surface area contributed by atoms with E-state index in [2.05, 4.69) is 10.6 Å². The second-order valence-electron chi connectivity index (χ2n) is 6.78. The molecule has 1 atom stereocenters. The Labute approximate surface area is 159 Å². The van der Waals surface area contributed by atoms with Crippen LogP contribution in [-0.4, -0.2) is 37.4 Å². The number of halogens is 1. The molecule has 0 saturated heterocycles. The van der Waals surface area contributed by atoms with E-state index < -0.39 is 6.04 Å². The molecule has 2 N–H and O–H groups in total. The van der Waals surface area contributed by atoms with E-state index >= 15 is 0 Å². The number of likely N-dealkylation sites (N-methyl/N-ethyl adjacent to an activating group) is 1. The first-order chi connectivity index (χ1) is 12.8.